The van der Waals surface area contributed by atoms with Crippen LogP contribution >= 0.6 is 15.9 Å². The highest BCUT2D eigenvalue weighted by molar-refractivity contribution is 9.10. The molecule has 17 heavy (non-hydrogen) atoms. The van der Waals surface area contributed by atoms with E-state index in [1.54, 1.807) is 24.3 Å². The van der Waals surface area contributed by atoms with Gasteiger partial charge in [0.25, 0.3) is 0 Å². The lowest BCUT2D eigenvalue weighted by Crippen LogP contribution is -1.83. The maximum atomic E-state index is 9.59. The number of hydrogen-bond acceptors (Lipinski definition) is 4. The van der Waals surface area contributed by atoms with Gasteiger partial charge in [-0.1, -0.05) is 15.9 Å². The molecule has 0 unspecified atom stereocenters. The van der Waals surface area contributed by atoms with Crippen molar-refractivity contribution in [2.24, 2.45) is 4.99 Å². The summed E-state index contributed by atoms with van der Waals surface area (Å²) in [6.07, 6.45) is 2.98. The molecule has 0 fully saturated rings. The lowest BCUT2D eigenvalue weighted by Gasteiger charge is -1.99. The Morgan fingerprint density at radius 1 is 1.18 bits per heavy atom. The molecule has 0 atom stereocenters. The SMILES string of the molecule is Oc1ccc(Br)cc1/C=N/c1ncccc1O. The van der Waals surface area contributed by atoms with Crippen molar-refractivity contribution in [3.63, 3.8) is 0 Å². The minimum absolute atomic E-state index is 0.00163. The summed E-state index contributed by atoms with van der Waals surface area (Å²) in [7, 11) is 0. The molecular formula is C12H9BrN2O2. The number of aromatic hydroxyl groups is 2. The number of nitrogens with zero attached hydrogens (tertiary/aromatic N) is 2. The Hall–Kier alpha value is -1.88. The Bertz CT molecular complexity index is 570. The van der Waals surface area contributed by atoms with Crippen LogP contribution in [0.25, 0.3) is 0 Å². The molecule has 5 heteroatoms. The van der Waals surface area contributed by atoms with Crippen LogP contribution in [0.3, 0.4) is 0 Å². The normalized spacial score (nSPS) is 10.9. The van der Waals surface area contributed by atoms with Gasteiger partial charge in [-0.25, -0.2) is 9.98 Å². The van der Waals surface area contributed by atoms with Gasteiger partial charge in [-0.05, 0) is 30.3 Å². The van der Waals surface area contributed by atoms with Gasteiger partial charge < -0.3 is 10.2 Å². The summed E-state index contributed by atoms with van der Waals surface area (Å²) in [5.41, 5.74) is 0.546. The standard InChI is InChI=1S/C12H9BrN2O2/c13-9-3-4-10(16)8(6-9)7-15-12-11(17)2-1-5-14-12/h1-7,16-17H/b15-7+. The summed E-state index contributed by atoms with van der Waals surface area (Å²) in [4.78, 5) is 7.92. The van der Waals surface area contributed by atoms with E-state index in [-0.39, 0.29) is 17.3 Å². The summed E-state index contributed by atoms with van der Waals surface area (Å²) >= 11 is 3.30. The van der Waals surface area contributed by atoms with Crippen molar-refractivity contribution >= 4 is 28.0 Å². The Morgan fingerprint density at radius 3 is 2.76 bits per heavy atom. The fourth-order valence-electron chi connectivity index (χ4n) is 1.25. The maximum absolute atomic E-state index is 9.59. The lowest BCUT2D eigenvalue weighted by molar-refractivity contribution is 0.473. The zero-order chi connectivity index (χ0) is 12.3. The molecule has 86 valence electrons. The molecule has 0 aliphatic heterocycles. The second-order valence-corrected chi connectivity index (χ2v) is 4.22. The number of rotatable bonds is 2. The van der Waals surface area contributed by atoms with Crippen LogP contribution in [0.1, 0.15) is 5.56 Å². The minimum atomic E-state index is -0.00163. The number of hydrogen-bond donors (Lipinski definition) is 2. The number of phenolic OH excluding ortho intramolecular Hbond substituents is 1. The van der Waals surface area contributed by atoms with Gasteiger partial charge >= 0.3 is 0 Å². The van der Waals surface area contributed by atoms with Gasteiger partial charge in [0, 0.05) is 22.4 Å². The molecule has 4 nitrogen and oxygen atoms in total. The number of aliphatic imine (C=N–C) groups is 1. The number of phenols is 1. The quantitative estimate of drug-likeness (QED) is 0.836. The van der Waals surface area contributed by atoms with Gasteiger partial charge in [-0.15, -0.1) is 0 Å². The van der Waals surface area contributed by atoms with Crippen molar-refractivity contribution in [1.82, 2.24) is 4.98 Å². The van der Waals surface area contributed by atoms with E-state index in [2.05, 4.69) is 25.9 Å². The Labute approximate surface area is 106 Å². The first-order chi connectivity index (χ1) is 8.16. The van der Waals surface area contributed by atoms with Crippen molar-refractivity contribution in [1.29, 1.82) is 0 Å². The smallest absolute Gasteiger partial charge is 0.194 e. The van der Waals surface area contributed by atoms with Crippen LogP contribution in [-0.2, 0) is 0 Å². The molecule has 0 bridgehead atoms. The maximum Gasteiger partial charge on any atom is 0.194 e. The molecule has 0 saturated heterocycles. The van der Waals surface area contributed by atoms with Crippen LogP contribution in [0.5, 0.6) is 11.5 Å². The van der Waals surface area contributed by atoms with Crippen LogP contribution < -0.4 is 0 Å². The van der Waals surface area contributed by atoms with E-state index in [1.807, 2.05) is 0 Å². The molecule has 0 aliphatic carbocycles. The molecular weight excluding hydrogens is 284 g/mol. The molecule has 0 amide bonds. The first-order valence-corrected chi connectivity index (χ1v) is 5.62. The van der Waals surface area contributed by atoms with Crippen LogP contribution in [0.15, 0.2) is 46.0 Å². The van der Waals surface area contributed by atoms with E-state index in [4.69, 9.17) is 0 Å². The molecule has 2 rings (SSSR count). The van der Waals surface area contributed by atoms with Crippen molar-refractivity contribution in [3.05, 3.63) is 46.6 Å². The van der Waals surface area contributed by atoms with Gasteiger partial charge in [0.05, 0.1) is 0 Å². The molecule has 0 spiro atoms. The largest absolute Gasteiger partial charge is 0.507 e. The first kappa shape index (κ1) is 11.6. The molecule has 2 N–H and O–H groups in total. The summed E-state index contributed by atoms with van der Waals surface area (Å²) in [6.45, 7) is 0. The molecule has 0 saturated carbocycles. The summed E-state index contributed by atoms with van der Waals surface area (Å²) < 4.78 is 0.835. The third kappa shape index (κ3) is 2.82. The highest BCUT2D eigenvalue weighted by Crippen LogP contribution is 2.24. The van der Waals surface area contributed by atoms with Crippen molar-refractivity contribution in [2.75, 3.05) is 0 Å². The van der Waals surface area contributed by atoms with E-state index in [9.17, 15) is 10.2 Å². The highest BCUT2D eigenvalue weighted by Gasteiger charge is 2.01. The van der Waals surface area contributed by atoms with Crippen LogP contribution in [0.4, 0.5) is 5.82 Å². The van der Waals surface area contributed by atoms with Crippen molar-refractivity contribution in [3.8, 4) is 11.5 Å². The fourth-order valence-corrected chi connectivity index (χ4v) is 1.63. The Morgan fingerprint density at radius 2 is 2.00 bits per heavy atom. The second-order valence-electron chi connectivity index (χ2n) is 3.31. The topological polar surface area (TPSA) is 65.7 Å². The monoisotopic (exact) mass is 292 g/mol. The van der Waals surface area contributed by atoms with Crippen LogP contribution in [0.2, 0.25) is 0 Å². The molecule has 1 aromatic carbocycles. The molecule has 0 aliphatic rings. The summed E-state index contributed by atoms with van der Waals surface area (Å²) in [5, 5.41) is 19.1. The van der Waals surface area contributed by atoms with Gasteiger partial charge in [-0.3, -0.25) is 0 Å². The third-order valence-corrected chi connectivity index (χ3v) is 2.57. The summed E-state index contributed by atoms with van der Waals surface area (Å²) in [6, 6.07) is 8.12. The number of benzene rings is 1. The fraction of sp³-hybridized carbons (Fsp3) is 0. The van der Waals surface area contributed by atoms with E-state index in [1.165, 1.54) is 18.5 Å². The molecule has 0 radical (unpaired) electrons. The predicted molar refractivity (Wildman–Crippen MR) is 69.0 cm³/mol. The predicted octanol–water partition coefficient (Wildman–Crippen LogP) is 3.01. The molecule has 2 aromatic rings. The van der Waals surface area contributed by atoms with E-state index in [0.29, 0.717) is 5.56 Å². The third-order valence-electron chi connectivity index (χ3n) is 2.08. The van der Waals surface area contributed by atoms with E-state index < -0.39 is 0 Å². The summed E-state index contributed by atoms with van der Waals surface area (Å²) in [5.74, 6) is 0.331. The number of aromatic nitrogens is 1. The zero-order valence-electron chi connectivity index (χ0n) is 8.71. The molecule has 1 aromatic heterocycles. The zero-order valence-corrected chi connectivity index (χ0v) is 10.3. The van der Waals surface area contributed by atoms with Crippen molar-refractivity contribution < 1.29 is 10.2 Å². The average molecular weight is 293 g/mol. The number of pyridine rings is 1. The van der Waals surface area contributed by atoms with Crippen molar-refractivity contribution in [2.45, 2.75) is 0 Å². The average Bonchev–Trinajstić information content (AvgIpc) is 2.32. The lowest BCUT2D eigenvalue weighted by atomic mass is 10.2. The van der Waals surface area contributed by atoms with E-state index in [0.717, 1.165) is 4.47 Å². The second kappa shape index (κ2) is 4.97. The number of halogens is 1. The first-order valence-electron chi connectivity index (χ1n) is 4.83. The highest BCUT2D eigenvalue weighted by atomic mass is 79.9. The van der Waals surface area contributed by atoms with Crippen LogP contribution in [-0.4, -0.2) is 21.4 Å². The van der Waals surface area contributed by atoms with Gasteiger partial charge in [0.15, 0.2) is 11.6 Å². The van der Waals surface area contributed by atoms with Gasteiger partial charge in [-0.2, -0.15) is 0 Å². The Balaban J connectivity index is 2.32. The van der Waals surface area contributed by atoms with E-state index >= 15 is 0 Å². The Kier molecular flexibility index (Phi) is 3.39. The van der Waals surface area contributed by atoms with Gasteiger partial charge in [0.1, 0.15) is 5.75 Å². The van der Waals surface area contributed by atoms with Crippen LogP contribution in [0, 0.1) is 0 Å². The van der Waals surface area contributed by atoms with Gasteiger partial charge in [0.2, 0.25) is 0 Å². The molecule has 1 heterocycles. The minimum Gasteiger partial charge on any atom is -0.507 e.